The van der Waals surface area contributed by atoms with Crippen molar-refractivity contribution < 1.29 is 4.74 Å². The molecular weight excluding hydrogens is 300 g/mol. The van der Waals surface area contributed by atoms with Crippen molar-refractivity contribution in [2.75, 3.05) is 5.33 Å². The Hall–Kier alpha value is -1.28. The summed E-state index contributed by atoms with van der Waals surface area (Å²) in [6, 6.07) is 16.8. The third-order valence-electron chi connectivity index (χ3n) is 2.90. The van der Waals surface area contributed by atoms with Gasteiger partial charge in [0.15, 0.2) is 0 Å². The SMILES string of the molecule is CC(C)Oc1c(CCBr)cccc1-c1ccccc1. The van der Waals surface area contributed by atoms with Crippen LogP contribution in [-0.2, 0) is 6.42 Å². The number of rotatable bonds is 5. The average molecular weight is 319 g/mol. The van der Waals surface area contributed by atoms with E-state index in [1.807, 2.05) is 6.07 Å². The topological polar surface area (TPSA) is 9.23 Å². The van der Waals surface area contributed by atoms with Crippen molar-refractivity contribution in [1.82, 2.24) is 0 Å². The van der Waals surface area contributed by atoms with Gasteiger partial charge in [-0.25, -0.2) is 0 Å². The van der Waals surface area contributed by atoms with Crippen molar-refractivity contribution in [2.45, 2.75) is 26.4 Å². The van der Waals surface area contributed by atoms with Gasteiger partial charge in [0, 0.05) is 10.9 Å². The van der Waals surface area contributed by atoms with E-state index in [0.717, 1.165) is 17.5 Å². The number of para-hydroxylation sites is 1. The summed E-state index contributed by atoms with van der Waals surface area (Å²) >= 11 is 3.51. The lowest BCUT2D eigenvalue weighted by Gasteiger charge is -2.18. The summed E-state index contributed by atoms with van der Waals surface area (Å²) in [4.78, 5) is 0. The van der Waals surface area contributed by atoms with E-state index in [-0.39, 0.29) is 6.10 Å². The molecule has 19 heavy (non-hydrogen) atoms. The monoisotopic (exact) mass is 318 g/mol. The van der Waals surface area contributed by atoms with Crippen LogP contribution >= 0.6 is 15.9 Å². The molecule has 0 aromatic heterocycles. The van der Waals surface area contributed by atoms with Gasteiger partial charge in [-0.05, 0) is 31.4 Å². The zero-order chi connectivity index (χ0) is 13.7. The maximum Gasteiger partial charge on any atom is 0.130 e. The molecular formula is C17H19BrO. The van der Waals surface area contributed by atoms with Crippen LogP contribution in [0, 0.1) is 0 Å². The number of ether oxygens (including phenoxy) is 1. The maximum absolute atomic E-state index is 6.06. The van der Waals surface area contributed by atoms with E-state index >= 15 is 0 Å². The van der Waals surface area contributed by atoms with E-state index in [2.05, 4.69) is 72.2 Å². The molecule has 2 rings (SSSR count). The molecule has 1 nitrogen and oxygen atoms in total. The van der Waals surface area contributed by atoms with Crippen molar-refractivity contribution >= 4 is 15.9 Å². The van der Waals surface area contributed by atoms with Crippen LogP contribution in [0.4, 0.5) is 0 Å². The van der Waals surface area contributed by atoms with Crippen LogP contribution in [0.5, 0.6) is 5.75 Å². The molecule has 0 aliphatic carbocycles. The second-order valence-corrected chi connectivity index (χ2v) is 5.56. The first-order chi connectivity index (χ1) is 9.22. The molecule has 0 aliphatic rings. The standard InChI is InChI=1S/C17H19BrO/c1-13(2)19-17-15(11-12-18)9-6-10-16(17)14-7-4-3-5-8-14/h3-10,13H,11-12H2,1-2H3. The summed E-state index contributed by atoms with van der Waals surface area (Å²) in [6.45, 7) is 4.14. The quantitative estimate of drug-likeness (QED) is 0.699. The molecule has 0 saturated heterocycles. The molecule has 0 N–H and O–H groups in total. The minimum absolute atomic E-state index is 0.180. The zero-order valence-electron chi connectivity index (χ0n) is 11.4. The fourth-order valence-electron chi connectivity index (χ4n) is 2.10. The van der Waals surface area contributed by atoms with Gasteiger partial charge in [0.2, 0.25) is 0 Å². The summed E-state index contributed by atoms with van der Waals surface area (Å²) < 4.78 is 6.06. The van der Waals surface area contributed by atoms with Crippen molar-refractivity contribution in [1.29, 1.82) is 0 Å². The van der Waals surface area contributed by atoms with Crippen LogP contribution in [0.1, 0.15) is 19.4 Å². The first-order valence-electron chi connectivity index (χ1n) is 6.62. The molecule has 0 heterocycles. The Balaban J connectivity index is 2.50. The second kappa shape index (κ2) is 6.76. The summed E-state index contributed by atoms with van der Waals surface area (Å²) in [5, 5.41) is 0.944. The van der Waals surface area contributed by atoms with E-state index in [9.17, 15) is 0 Å². The van der Waals surface area contributed by atoms with Crippen molar-refractivity contribution in [3.63, 3.8) is 0 Å². The van der Waals surface area contributed by atoms with E-state index in [1.165, 1.54) is 16.7 Å². The van der Waals surface area contributed by atoms with Gasteiger partial charge >= 0.3 is 0 Å². The lowest BCUT2D eigenvalue weighted by atomic mass is 10.00. The molecule has 2 heteroatoms. The van der Waals surface area contributed by atoms with E-state index in [0.29, 0.717) is 0 Å². The summed E-state index contributed by atoms with van der Waals surface area (Å²) in [6.07, 6.45) is 1.15. The van der Waals surface area contributed by atoms with Crippen molar-refractivity contribution in [2.24, 2.45) is 0 Å². The Labute approximate surface area is 123 Å². The first kappa shape index (κ1) is 14.1. The van der Waals surface area contributed by atoms with Crippen LogP contribution < -0.4 is 4.74 Å². The molecule has 0 saturated carbocycles. The fraction of sp³-hybridized carbons (Fsp3) is 0.294. The summed E-state index contributed by atoms with van der Waals surface area (Å²) in [5.41, 5.74) is 3.63. The second-order valence-electron chi connectivity index (χ2n) is 4.77. The van der Waals surface area contributed by atoms with Crippen LogP contribution in [0.2, 0.25) is 0 Å². The Bertz CT molecular complexity index is 520. The molecule has 2 aromatic carbocycles. The number of benzene rings is 2. The highest BCUT2D eigenvalue weighted by atomic mass is 79.9. The molecule has 0 bridgehead atoms. The molecule has 0 fully saturated rings. The predicted octanol–water partition coefficient (Wildman–Crippen LogP) is 5.08. The molecule has 0 atom stereocenters. The van der Waals surface area contributed by atoms with Gasteiger partial charge in [-0.2, -0.15) is 0 Å². The highest BCUT2D eigenvalue weighted by molar-refractivity contribution is 9.09. The predicted molar refractivity (Wildman–Crippen MR) is 85.1 cm³/mol. The fourth-order valence-corrected chi connectivity index (χ4v) is 2.53. The average Bonchev–Trinajstić information content (AvgIpc) is 2.41. The lowest BCUT2D eigenvalue weighted by Crippen LogP contribution is -2.09. The number of aryl methyl sites for hydroxylation is 1. The Kier molecular flexibility index (Phi) is 5.03. The van der Waals surface area contributed by atoms with Gasteiger partial charge in [-0.3, -0.25) is 0 Å². The normalized spacial score (nSPS) is 10.7. The van der Waals surface area contributed by atoms with Gasteiger partial charge < -0.3 is 4.74 Å². The first-order valence-corrected chi connectivity index (χ1v) is 7.74. The van der Waals surface area contributed by atoms with Gasteiger partial charge in [0.25, 0.3) is 0 Å². The zero-order valence-corrected chi connectivity index (χ0v) is 13.0. The third kappa shape index (κ3) is 3.60. The molecule has 0 radical (unpaired) electrons. The molecule has 2 aromatic rings. The van der Waals surface area contributed by atoms with Crippen LogP contribution in [0.3, 0.4) is 0 Å². The maximum atomic E-state index is 6.06. The molecule has 0 aliphatic heterocycles. The summed E-state index contributed by atoms with van der Waals surface area (Å²) in [7, 11) is 0. The highest BCUT2D eigenvalue weighted by Crippen LogP contribution is 2.34. The molecule has 0 amide bonds. The molecule has 100 valence electrons. The minimum atomic E-state index is 0.180. The number of hydrogen-bond donors (Lipinski definition) is 0. The Morgan fingerprint density at radius 1 is 1.00 bits per heavy atom. The van der Waals surface area contributed by atoms with E-state index in [4.69, 9.17) is 4.74 Å². The van der Waals surface area contributed by atoms with Gasteiger partial charge in [-0.1, -0.05) is 64.5 Å². The number of hydrogen-bond acceptors (Lipinski definition) is 1. The van der Waals surface area contributed by atoms with Gasteiger partial charge in [0.05, 0.1) is 6.10 Å². The Morgan fingerprint density at radius 3 is 2.37 bits per heavy atom. The largest absolute Gasteiger partial charge is 0.490 e. The smallest absolute Gasteiger partial charge is 0.130 e. The van der Waals surface area contributed by atoms with E-state index < -0.39 is 0 Å². The van der Waals surface area contributed by atoms with Crippen LogP contribution in [-0.4, -0.2) is 11.4 Å². The van der Waals surface area contributed by atoms with E-state index in [1.54, 1.807) is 0 Å². The van der Waals surface area contributed by atoms with Crippen molar-refractivity contribution in [3.05, 3.63) is 54.1 Å². The lowest BCUT2D eigenvalue weighted by molar-refractivity contribution is 0.241. The number of halogens is 1. The third-order valence-corrected chi connectivity index (χ3v) is 3.30. The van der Waals surface area contributed by atoms with Crippen LogP contribution in [0.15, 0.2) is 48.5 Å². The van der Waals surface area contributed by atoms with Gasteiger partial charge in [0.1, 0.15) is 5.75 Å². The highest BCUT2D eigenvalue weighted by Gasteiger charge is 2.12. The minimum Gasteiger partial charge on any atom is -0.490 e. The number of alkyl halides is 1. The van der Waals surface area contributed by atoms with Gasteiger partial charge in [-0.15, -0.1) is 0 Å². The Morgan fingerprint density at radius 2 is 1.74 bits per heavy atom. The summed E-state index contributed by atoms with van der Waals surface area (Å²) in [5.74, 6) is 1.02. The van der Waals surface area contributed by atoms with Crippen molar-refractivity contribution in [3.8, 4) is 16.9 Å². The molecule has 0 unspecified atom stereocenters. The van der Waals surface area contributed by atoms with Crippen LogP contribution in [0.25, 0.3) is 11.1 Å². The molecule has 0 spiro atoms.